The number of rotatable bonds is 21. The van der Waals surface area contributed by atoms with Gasteiger partial charge in [-0.05, 0) is 130 Å². The molecule has 2 aliphatic rings. The van der Waals surface area contributed by atoms with Crippen LogP contribution in [0.4, 0.5) is 22.7 Å². The van der Waals surface area contributed by atoms with E-state index in [0.717, 1.165) is 139 Å². The first-order valence-electron chi connectivity index (χ1n) is 28.9. The summed E-state index contributed by atoms with van der Waals surface area (Å²) in [5.41, 5.74) is 18.8. The topological polar surface area (TPSA) is 83.8 Å². The molecule has 410 valence electrons. The lowest BCUT2D eigenvalue weighted by Crippen LogP contribution is -2.14. The molecule has 12 rings (SSSR count). The predicted molar refractivity (Wildman–Crippen MR) is 344 cm³/mol. The van der Waals surface area contributed by atoms with Crippen LogP contribution in [0.1, 0.15) is 104 Å². The summed E-state index contributed by atoms with van der Waals surface area (Å²) in [6.45, 7) is 0.685. The highest BCUT2D eigenvalue weighted by Crippen LogP contribution is 2.41. The molecule has 0 aromatic heterocycles. The van der Waals surface area contributed by atoms with E-state index < -0.39 is 0 Å². The number of carbonyl (C=O) groups is 2. The Morgan fingerprint density at radius 2 is 0.595 bits per heavy atom. The number of para-hydroxylation sites is 2. The second-order valence-electron chi connectivity index (χ2n) is 20.9. The van der Waals surface area contributed by atoms with Crippen molar-refractivity contribution >= 4 is 70.4 Å². The molecule has 0 unspecified atom stereocenters. The molecule has 2 aliphatic carbocycles. The van der Waals surface area contributed by atoms with Crippen molar-refractivity contribution in [3.8, 4) is 22.3 Å². The Labute approximate surface area is 491 Å². The van der Waals surface area contributed by atoms with Gasteiger partial charge in [0.25, 0.3) is 0 Å². The van der Waals surface area contributed by atoms with Crippen LogP contribution in [0.3, 0.4) is 0 Å². The number of carbonyl (C=O) groups excluding carboxylic acids is 2. The molecule has 0 fully saturated rings. The van der Waals surface area contributed by atoms with Crippen molar-refractivity contribution in [2.24, 2.45) is 10.2 Å². The van der Waals surface area contributed by atoms with Crippen LogP contribution < -0.4 is 10.0 Å². The van der Waals surface area contributed by atoms with Gasteiger partial charge < -0.3 is 9.47 Å². The molecule has 10 aromatic rings. The number of ether oxygens (including phenoxy) is 2. The molecule has 0 radical (unpaired) electrons. The number of esters is 2. The number of unbranched alkanes of at least 4 members (excludes halogenated alkanes) is 5. The van der Waals surface area contributed by atoms with Crippen LogP contribution >= 0.6 is 0 Å². The zero-order valence-electron chi connectivity index (χ0n) is 46.6. The third-order valence-electron chi connectivity index (χ3n) is 15.2. The Balaban J connectivity index is 0.624. The largest absolute Gasteiger partial charge is 0.462 e. The lowest BCUT2D eigenvalue weighted by Gasteiger charge is -2.21. The van der Waals surface area contributed by atoms with Gasteiger partial charge in [0.15, 0.2) is 0 Å². The highest BCUT2D eigenvalue weighted by Gasteiger charge is 2.29. The Hall–Kier alpha value is -10.4. The van der Waals surface area contributed by atoms with Crippen LogP contribution in [-0.2, 0) is 9.47 Å². The number of hydrogen-bond donors (Lipinski definition) is 0. The Bertz CT molecular complexity index is 3780. The first-order valence-corrected chi connectivity index (χ1v) is 28.9. The van der Waals surface area contributed by atoms with E-state index in [4.69, 9.17) is 19.7 Å². The molecule has 0 spiro atoms. The molecular weight excluding hydrogens is 1030 g/mol. The minimum absolute atomic E-state index is 0.337. The molecule has 0 heterocycles. The fourth-order valence-corrected chi connectivity index (χ4v) is 10.8. The van der Waals surface area contributed by atoms with Gasteiger partial charge in [0.05, 0.1) is 58.5 Å². The van der Waals surface area contributed by atoms with Crippen molar-refractivity contribution < 1.29 is 19.1 Å². The summed E-state index contributed by atoms with van der Waals surface area (Å²) < 4.78 is 11.7. The van der Waals surface area contributed by atoms with Crippen LogP contribution in [0, 0.1) is 0 Å². The van der Waals surface area contributed by atoms with Crippen LogP contribution in [0.5, 0.6) is 0 Å². The summed E-state index contributed by atoms with van der Waals surface area (Å²) >= 11 is 0. The van der Waals surface area contributed by atoms with E-state index in [2.05, 4.69) is 146 Å². The highest BCUT2D eigenvalue weighted by atomic mass is 16.5. The number of benzene rings is 10. The van der Waals surface area contributed by atoms with Crippen LogP contribution in [0.15, 0.2) is 265 Å². The smallest absolute Gasteiger partial charge is 0.338 e. The lowest BCUT2D eigenvalue weighted by atomic mass is 10.0. The highest BCUT2D eigenvalue weighted by molar-refractivity contribution is 6.26. The predicted octanol–water partition coefficient (Wildman–Crippen LogP) is 18.5. The summed E-state index contributed by atoms with van der Waals surface area (Å²) in [5.74, 6) is -0.674. The molecule has 0 saturated heterocycles. The third-order valence-corrected chi connectivity index (χ3v) is 15.2. The molecule has 0 N–H and O–H groups in total. The average Bonchev–Trinajstić information content (AvgIpc) is 3.16. The molecule has 10 aromatic carbocycles. The summed E-state index contributed by atoms with van der Waals surface area (Å²) in [4.78, 5) is 27.0. The van der Waals surface area contributed by atoms with E-state index in [9.17, 15) is 9.59 Å². The van der Waals surface area contributed by atoms with Crippen molar-refractivity contribution in [3.05, 3.63) is 310 Å². The maximum absolute atomic E-state index is 13.5. The fraction of sp³-hybridized carbons (Fsp3) is 0.105. The van der Waals surface area contributed by atoms with Crippen molar-refractivity contribution in [3.63, 3.8) is 0 Å². The molecular formula is C76H62N4O4. The van der Waals surface area contributed by atoms with Crippen LogP contribution in [0.25, 0.3) is 46.6 Å². The normalized spacial score (nSPS) is 13.0. The summed E-state index contributed by atoms with van der Waals surface area (Å²) in [6.07, 6.45) is 13.8. The van der Waals surface area contributed by atoms with E-state index in [1.54, 1.807) is 0 Å². The lowest BCUT2D eigenvalue weighted by molar-refractivity contribution is 0.0484. The monoisotopic (exact) mass is 1090 g/mol. The standard InChI is InChI=1S/C76H62N4O4/c81-75(59-43-49-69-71(53-59)65-31-17-19-33-67(65)73(69)77-79(61-27-13-7-14-28-61)63-45-39-57(40-46-63)37-35-55-23-9-5-10-24-55)83-51-21-3-1-2-4-22-52-84-76(82)60-44-50-70-72(54-60)66-32-18-20-34-68(66)74(70)78-80(62-29-15-8-16-30-62)64-47-41-58(42-48-64)38-36-56-25-11-6-12-26-56/h5-20,23-50,53-54H,1-4,21-22,51-52H2/b37-35+,38-36+,77-73+,78-74+. The van der Waals surface area contributed by atoms with E-state index in [1.165, 1.54) is 0 Å². The number of hydrazone groups is 2. The molecule has 0 atom stereocenters. The zero-order chi connectivity index (χ0) is 56.9. The maximum atomic E-state index is 13.5. The molecule has 0 aliphatic heterocycles. The zero-order valence-corrected chi connectivity index (χ0v) is 46.6. The van der Waals surface area contributed by atoms with E-state index in [1.807, 2.05) is 143 Å². The average molecular weight is 1100 g/mol. The minimum Gasteiger partial charge on any atom is -0.462 e. The quantitative estimate of drug-likeness (QED) is 0.0308. The van der Waals surface area contributed by atoms with Crippen molar-refractivity contribution in [1.29, 1.82) is 0 Å². The van der Waals surface area contributed by atoms with Gasteiger partial charge in [-0.15, -0.1) is 0 Å². The van der Waals surface area contributed by atoms with Gasteiger partial charge in [0.2, 0.25) is 0 Å². The maximum Gasteiger partial charge on any atom is 0.338 e. The number of fused-ring (bicyclic) bond motifs is 6. The second-order valence-corrected chi connectivity index (χ2v) is 20.9. The summed E-state index contributed by atoms with van der Waals surface area (Å²) in [5, 5.41) is 14.7. The number of nitrogens with zero attached hydrogens (tertiary/aromatic N) is 4. The van der Waals surface area contributed by atoms with E-state index >= 15 is 0 Å². The number of hydrogen-bond acceptors (Lipinski definition) is 8. The third kappa shape index (κ3) is 12.5. The van der Waals surface area contributed by atoms with Gasteiger partial charge in [0.1, 0.15) is 0 Å². The molecule has 0 amide bonds. The molecule has 84 heavy (non-hydrogen) atoms. The molecule has 0 saturated carbocycles. The van der Waals surface area contributed by atoms with Gasteiger partial charge in [-0.1, -0.05) is 232 Å². The van der Waals surface area contributed by atoms with Gasteiger partial charge >= 0.3 is 11.9 Å². The fourth-order valence-electron chi connectivity index (χ4n) is 10.8. The first kappa shape index (κ1) is 54.2. The Morgan fingerprint density at radius 1 is 0.298 bits per heavy atom. The number of anilines is 4. The molecule has 0 bridgehead atoms. The van der Waals surface area contributed by atoms with Crippen molar-refractivity contribution in [2.45, 2.75) is 38.5 Å². The van der Waals surface area contributed by atoms with Crippen LogP contribution in [-0.4, -0.2) is 36.6 Å². The van der Waals surface area contributed by atoms with Gasteiger partial charge in [-0.25, -0.2) is 19.6 Å². The Kier molecular flexibility index (Phi) is 16.8. The second kappa shape index (κ2) is 26.0. The summed E-state index contributed by atoms with van der Waals surface area (Å²) in [7, 11) is 0. The van der Waals surface area contributed by atoms with E-state index in [0.29, 0.717) is 24.3 Å². The van der Waals surface area contributed by atoms with Gasteiger partial charge in [-0.3, -0.25) is 0 Å². The van der Waals surface area contributed by atoms with E-state index in [-0.39, 0.29) is 11.9 Å². The van der Waals surface area contributed by atoms with Gasteiger partial charge in [-0.2, -0.15) is 10.2 Å². The van der Waals surface area contributed by atoms with Gasteiger partial charge in [0, 0.05) is 22.3 Å². The SMILES string of the molecule is O=C(OCCCCCCCCOC(=O)c1ccc2c(c1)-c1ccccc1/C2=N\N(c1ccccc1)c1ccc(/C=C/c2ccccc2)cc1)c1ccc2c(c1)-c1ccccc1/C2=N\N(c1ccccc1)c1ccc(/C=C/c2ccccc2)cc1. The van der Waals surface area contributed by atoms with Crippen LogP contribution in [0.2, 0.25) is 0 Å². The summed E-state index contributed by atoms with van der Waals surface area (Å²) in [6, 6.07) is 85.7. The Morgan fingerprint density at radius 3 is 0.976 bits per heavy atom. The molecule has 8 heteroatoms. The van der Waals surface area contributed by atoms with Crippen molar-refractivity contribution in [1.82, 2.24) is 0 Å². The van der Waals surface area contributed by atoms with Crippen molar-refractivity contribution in [2.75, 3.05) is 23.2 Å². The molecule has 8 nitrogen and oxygen atoms in total. The minimum atomic E-state index is -0.337. The first-order chi connectivity index (χ1) is 41.5.